The third-order valence-electron chi connectivity index (χ3n) is 5.95. The molecule has 2 heterocycles. The first-order valence-electron chi connectivity index (χ1n) is 10.4. The van der Waals surface area contributed by atoms with Crippen LogP contribution in [0.2, 0.25) is 0 Å². The number of hydrogen-bond acceptors (Lipinski definition) is 3. The number of anilines is 1. The van der Waals surface area contributed by atoms with Crippen LogP contribution in [0.3, 0.4) is 0 Å². The Hall–Kier alpha value is -2.33. The molecule has 1 amide bonds. The lowest BCUT2D eigenvalue weighted by Gasteiger charge is -2.41. The third-order valence-corrected chi connectivity index (χ3v) is 6.90. The molecule has 0 aliphatic carbocycles. The summed E-state index contributed by atoms with van der Waals surface area (Å²) in [6.45, 7) is 13.4. The van der Waals surface area contributed by atoms with Crippen molar-refractivity contribution in [2.24, 2.45) is 0 Å². The topological polar surface area (TPSA) is 23.6 Å². The van der Waals surface area contributed by atoms with Gasteiger partial charge in [-0.2, -0.15) is 0 Å². The molecule has 1 saturated heterocycles. The van der Waals surface area contributed by atoms with Gasteiger partial charge >= 0.3 is 0 Å². The summed E-state index contributed by atoms with van der Waals surface area (Å²) in [7, 11) is 0. The molecule has 152 valence electrons. The molecule has 0 spiro atoms. The van der Waals surface area contributed by atoms with Crippen molar-refractivity contribution in [3.05, 3.63) is 64.5 Å². The van der Waals surface area contributed by atoms with Crippen molar-refractivity contribution in [3.63, 3.8) is 0 Å². The van der Waals surface area contributed by atoms with Crippen LogP contribution < -0.4 is 4.90 Å². The van der Waals surface area contributed by atoms with E-state index in [-0.39, 0.29) is 11.3 Å². The first-order valence-corrected chi connectivity index (χ1v) is 11.3. The third kappa shape index (κ3) is 3.91. The second kappa shape index (κ2) is 7.49. The monoisotopic (exact) mass is 406 g/mol. The molecule has 1 aliphatic heterocycles. The Balaban J connectivity index is 1.53. The first-order chi connectivity index (χ1) is 13.7. The summed E-state index contributed by atoms with van der Waals surface area (Å²) < 4.78 is 1.20. The fourth-order valence-corrected chi connectivity index (χ4v) is 5.07. The van der Waals surface area contributed by atoms with Gasteiger partial charge < -0.3 is 9.80 Å². The van der Waals surface area contributed by atoms with Crippen LogP contribution >= 0.6 is 11.3 Å². The Kier molecular flexibility index (Phi) is 5.16. The van der Waals surface area contributed by atoms with Crippen LogP contribution in [0.5, 0.6) is 0 Å². The van der Waals surface area contributed by atoms with Crippen LogP contribution in [-0.2, 0) is 5.41 Å². The van der Waals surface area contributed by atoms with Crippen LogP contribution in [0.25, 0.3) is 10.1 Å². The Morgan fingerprint density at radius 2 is 1.79 bits per heavy atom. The molecule has 3 aromatic rings. The van der Waals surface area contributed by atoms with Crippen molar-refractivity contribution in [3.8, 4) is 0 Å². The smallest absolute Gasteiger partial charge is 0.255 e. The highest BCUT2D eigenvalue weighted by Crippen LogP contribution is 2.32. The number of aryl methyl sites for hydroxylation is 1. The summed E-state index contributed by atoms with van der Waals surface area (Å²) >= 11 is 1.68. The Bertz CT molecular complexity index is 1030. The quantitative estimate of drug-likeness (QED) is 0.532. The Morgan fingerprint density at radius 3 is 2.45 bits per heavy atom. The minimum absolute atomic E-state index is 0.115. The van der Waals surface area contributed by atoms with Crippen LogP contribution in [-0.4, -0.2) is 36.5 Å². The minimum atomic E-state index is 0.115. The summed E-state index contributed by atoms with van der Waals surface area (Å²) in [4.78, 5) is 17.7. The number of thiophene rings is 1. The molecule has 4 heteroatoms. The molecular weight excluding hydrogens is 376 g/mol. The highest BCUT2D eigenvalue weighted by atomic mass is 32.1. The van der Waals surface area contributed by atoms with Crippen LogP contribution in [0.15, 0.2) is 47.8 Å². The lowest BCUT2D eigenvalue weighted by molar-refractivity contribution is 0.0729. The van der Waals surface area contributed by atoms with Gasteiger partial charge in [-0.15, -0.1) is 11.3 Å². The van der Waals surface area contributed by atoms with Gasteiger partial charge in [0.05, 0.1) is 5.56 Å². The van der Waals surface area contributed by atoms with E-state index in [9.17, 15) is 4.79 Å². The van der Waals surface area contributed by atoms with Gasteiger partial charge in [-0.1, -0.05) is 50.6 Å². The highest BCUT2D eigenvalue weighted by Gasteiger charge is 2.29. The van der Waals surface area contributed by atoms with Crippen molar-refractivity contribution >= 4 is 33.0 Å². The van der Waals surface area contributed by atoms with Crippen molar-refractivity contribution in [2.75, 3.05) is 24.5 Å². The van der Waals surface area contributed by atoms with Gasteiger partial charge in [0.1, 0.15) is 0 Å². The number of piperazine rings is 1. The van der Waals surface area contributed by atoms with Gasteiger partial charge in [0.2, 0.25) is 0 Å². The maximum absolute atomic E-state index is 13.3. The number of rotatable bonds is 2. The number of carbonyl (C=O) groups is 1. The number of carbonyl (C=O) groups excluding carboxylic acids is 1. The molecule has 4 rings (SSSR count). The van der Waals surface area contributed by atoms with E-state index in [0.29, 0.717) is 6.04 Å². The number of nitrogens with zero attached hydrogens (tertiary/aromatic N) is 2. The molecule has 1 atom stereocenters. The maximum Gasteiger partial charge on any atom is 0.255 e. The molecule has 1 unspecified atom stereocenters. The number of fused-ring (bicyclic) bond motifs is 1. The summed E-state index contributed by atoms with van der Waals surface area (Å²) in [5.41, 5.74) is 4.79. The average Bonchev–Trinajstić information content (AvgIpc) is 3.11. The van der Waals surface area contributed by atoms with E-state index in [0.717, 1.165) is 30.6 Å². The molecule has 1 aromatic heterocycles. The molecule has 0 radical (unpaired) electrons. The van der Waals surface area contributed by atoms with Crippen molar-refractivity contribution in [1.29, 1.82) is 0 Å². The number of benzene rings is 2. The average molecular weight is 407 g/mol. The minimum Gasteiger partial charge on any atom is -0.365 e. The van der Waals surface area contributed by atoms with Gasteiger partial charge in [0.25, 0.3) is 5.91 Å². The van der Waals surface area contributed by atoms with E-state index in [2.05, 4.69) is 82.0 Å². The van der Waals surface area contributed by atoms with Gasteiger partial charge in [-0.25, -0.2) is 0 Å². The standard InChI is InChI=1S/C25H30N2OS/c1-17-6-9-20(10-7-17)27-13-12-26(15-18(27)2)24(28)22-16-29-23-14-19(25(3,4)5)8-11-21(22)23/h6-11,14,16,18H,12-13,15H2,1-5H3. The zero-order valence-electron chi connectivity index (χ0n) is 18.0. The summed E-state index contributed by atoms with van der Waals surface area (Å²) in [6.07, 6.45) is 0. The SMILES string of the molecule is Cc1ccc(N2CCN(C(=O)c3csc4cc(C(C)(C)C)ccc34)CC2C)cc1. The molecule has 0 saturated carbocycles. The highest BCUT2D eigenvalue weighted by molar-refractivity contribution is 7.17. The van der Waals surface area contributed by atoms with Crippen LogP contribution in [0.1, 0.15) is 49.2 Å². The van der Waals surface area contributed by atoms with E-state index in [4.69, 9.17) is 0 Å². The summed E-state index contributed by atoms with van der Waals surface area (Å²) in [6, 6.07) is 15.5. The Morgan fingerprint density at radius 1 is 1.07 bits per heavy atom. The van der Waals surface area contributed by atoms with Gasteiger partial charge in [-0.3, -0.25) is 4.79 Å². The molecule has 0 bridgehead atoms. The van der Waals surface area contributed by atoms with Crippen molar-refractivity contribution < 1.29 is 4.79 Å². The zero-order valence-corrected chi connectivity index (χ0v) is 18.8. The lowest BCUT2D eigenvalue weighted by atomic mass is 9.87. The van der Waals surface area contributed by atoms with E-state index in [1.165, 1.54) is 21.5 Å². The van der Waals surface area contributed by atoms with E-state index in [1.54, 1.807) is 11.3 Å². The molecule has 3 nitrogen and oxygen atoms in total. The molecule has 1 aliphatic rings. The van der Waals surface area contributed by atoms with Gasteiger partial charge in [0, 0.05) is 46.8 Å². The van der Waals surface area contributed by atoms with Crippen molar-refractivity contribution in [1.82, 2.24) is 4.90 Å². The fraction of sp³-hybridized carbons (Fsp3) is 0.400. The van der Waals surface area contributed by atoms with E-state index in [1.807, 2.05) is 10.3 Å². The first kappa shape index (κ1) is 20.0. The Labute approximate surface area is 178 Å². The number of hydrogen-bond donors (Lipinski definition) is 0. The predicted molar refractivity (Wildman–Crippen MR) is 124 cm³/mol. The van der Waals surface area contributed by atoms with Crippen LogP contribution in [0.4, 0.5) is 5.69 Å². The maximum atomic E-state index is 13.3. The normalized spacial score (nSPS) is 17.8. The van der Waals surface area contributed by atoms with E-state index >= 15 is 0 Å². The number of amides is 1. The van der Waals surface area contributed by atoms with Crippen molar-refractivity contribution in [2.45, 2.75) is 46.1 Å². The largest absolute Gasteiger partial charge is 0.365 e. The lowest BCUT2D eigenvalue weighted by Crippen LogP contribution is -2.53. The summed E-state index contributed by atoms with van der Waals surface area (Å²) in [5, 5.41) is 3.12. The van der Waals surface area contributed by atoms with Crippen LogP contribution in [0, 0.1) is 6.92 Å². The molecule has 2 aromatic carbocycles. The molecular formula is C25H30N2OS. The van der Waals surface area contributed by atoms with Gasteiger partial charge in [0.15, 0.2) is 0 Å². The fourth-order valence-electron chi connectivity index (χ4n) is 4.09. The molecule has 29 heavy (non-hydrogen) atoms. The second-order valence-electron chi connectivity index (χ2n) is 9.24. The molecule has 0 N–H and O–H groups in total. The molecule has 1 fully saturated rings. The zero-order chi connectivity index (χ0) is 20.8. The second-order valence-corrected chi connectivity index (χ2v) is 10.2. The van der Waals surface area contributed by atoms with Gasteiger partial charge in [-0.05, 0) is 43.0 Å². The summed E-state index contributed by atoms with van der Waals surface area (Å²) in [5.74, 6) is 0.162. The van der Waals surface area contributed by atoms with E-state index < -0.39 is 0 Å². The predicted octanol–water partition coefficient (Wildman–Crippen LogP) is 5.86.